The Labute approximate surface area is 177 Å². The predicted octanol–water partition coefficient (Wildman–Crippen LogP) is 2.22. The summed E-state index contributed by atoms with van der Waals surface area (Å²) < 4.78 is 24.4. The molecule has 0 radical (unpaired) electrons. The molecule has 1 amide bonds. The largest absolute Gasteiger partial charge is 0.481 e. The SMILES string of the molecule is CN(CCc1ccccn1)C(=O)C(C)(C)S(=O)(=O)C[C@@H](Cc1ccccc1)C(=O)O. The lowest BCUT2D eigenvalue weighted by molar-refractivity contribution is -0.141. The van der Waals surface area contributed by atoms with Crippen molar-refractivity contribution in [1.29, 1.82) is 0 Å². The minimum atomic E-state index is -4.04. The van der Waals surface area contributed by atoms with E-state index in [1.54, 1.807) is 49.6 Å². The number of pyridine rings is 1. The van der Waals surface area contributed by atoms with Crippen molar-refractivity contribution < 1.29 is 23.1 Å². The topological polar surface area (TPSA) is 105 Å². The van der Waals surface area contributed by atoms with Gasteiger partial charge >= 0.3 is 5.97 Å². The van der Waals surface area contributed by atoms with Crippen molar-refractivity contribution in [3.8, 4) is 0 Å². The normalized spacial score (nSPS) is 12.9. The Bertz CT molecular complexity index is 960. The summed E-state index contributed by atoms with van der Waals surface area (Å²) in [6, 6.07) is 14.3. The number of nitrogens with zero attached hydrogens (tertiary/aromatic N) is 2. The first-order chi connectivity index (χ1) is 14.0. The van der Waals surface area contributed by atoms with Gasteiger partial charge in [-0.15, -0.1) is 0 Å². The van der Waals surface area contributed by atoms with E-state index in [1.807, 2.05) is 12.1 Å². The Hall–Kier alpha value is -2.74. The minimum Gasteiger partial charge on any atom is -0.481 e. The Morgan fingerprint density at radius 3 is 2.30 bits per heavy atom. The third kappa shape index (κ3) is 5.89. The lowest BCUT2D eigenvalue weighted by atomic mass is 10.0. The van der Waals surface area contributed by atoms with E-state index in [0.29, 0.717) is 13.0 Å². The first-order valence-electron chi connectivity index (χ1n) is 9.69. The van der Waals surface area contributed by atoms with Crippen LogP contribution in [0.15, 0.2) is 54.7 Å². The molecule has 1 heterocycles. The number of aromatic nitrogens is 1. The van der Waals surface area contributed by atoms with Crippen molar-refractivity contribution >= 4 is 21.7 Å². The molecule has 2 rings (SSSR count). The summed E-state index contributed by atoms with van der Waals surface area (Å²) in [7, 11) is -2.50. The van der Waals surface area contributed by atoms with Gasteiger partial charge in [-0.25, -0.2) is 8.42 Å². The first-order valence-corrected chi connectivity index (χ1v) is 11.3. The number of hydrogen-bond donors (Lipinski definition) is 1. The number of likely N-dealkylation sites (N-methyl/N-ethyl adjacent to an activating group) is 1. The second kappa shape index (κ2) is 9.84. The van der Waals surface area contributed by atoms with Crippen molar-refractivity contribution in [2.45, 2.75) is 31.4 Å². The van der Waals surface area contributed by atoms with Crippen molar-refractivity contribution in [3.63, 3.8) is 0 Å². The third-order valence-electron chi connectivity index (χ3n) is 5.16. The number of carboxylic acids is 1. The Morgan fingerprint density at radius 1 is 1.10 bits per heavy atom. The van der Waals surface area contributed by atoms with E-state index in [9.17, 15) is 23.1 Å². The van der Waals surface area contributed by atoms with Crippen molar-refractivity contribution in [1.82, 2.24) is 9.88 Å². The van der Waals surface area contributed by atoms with E-state index >= 15 is 0 Å². The van der Waals surface area contributed by atoms with Crippen molar-refractivity contribution in [2.24, 2.45) is 5.92 Å². The maximum absolute atomic E-state index is 13.1. The third-order valence-corrected chi connectivity index (χ3v) is 7.73. The van der Waals surface area contributed by atoms with E-state index < -0.39 is 38.1 Å². The van der Waals surface area contributed by atoms with Crippen LogP contribution in [-0.2, 0) is 32.3 Å². The van der Waals surface area contributed by atoms with Crippen LogP contribution in [-0.4, -0.2) is 59.4 Å². The maximum atomic E-state index is 13.1. The molecule has 0 aliphatic carbocycles. The van der Waals surface area contributed by atoms with Crippen LogP contribution < -0.4 is 0 Å². The van der Waals surface area contributed by atoms with Gasteiger partial charge in [0.2, 0.25) is 5.91 Å². The summed E-state index contributed by atoms with van der Waals surface area (Å²) in [5.74, 6) is -3.51. The van der Waals surface area contributed by atoms with E-state index in [1.165, 1.54) is 18.7 Å². The Morgan fingerprint density at radius 2 is 1.73 bits per heavy atom. The van der Waals surface area contributed by atoms with E-state index in [-0.39, 0.29) is 6.42 Å². The van der Waals surface area contributed by atoms with Gasteiger partial charge in [0.05, 0.1) is 11.7 Å². The Balaban J connectivity index is 2.10. The molecule has 1 aromatic heterocycles. The molecule has 0 aliphatic rings. The first kappa shape index (κ1) is 23.5. The highest BCUT2D eigenvalue weighted by Crippen LogP contribution is 2.24. The highest BCUT2D eigenvalue weighted by molar-refractivity contribution is 7.93. The number of sulfone groups is 1. The van der Waals surface area contributed by atoms with E-state index in [0.717, 1.165) is 11.3 Å². The highest BCUT2D eigenvalue weighted by Gasteiger charge is 2.45. The molecule has 1 atom stereocenters. The maximum Gasteiger partial charge on any atom is 0.307 e. The average molecular weight is 433 g/mol. The number of hydrogen-bond acceptors (Lipinski definition) is 5. The molecule has 30 heavy (non-hydrogen) atoms. The number of aliphatic carboxylic acids is 1. The van der Waals surface area contributed by atoms with Crippen LogP contribution in [0.4, 0.5) is 0 Å². The fourth-order valence-electron chi connectivity index (χ4n) is 3.11. The van der Waals surface area contributed by atoms with Crippen molar-refractivity contribution in [2.75, 3.05) is 19.3 Å². The lowest BCUT2D eigenvalue weighted by Gasteiger charge is -2.30. The molecule has 0 unspecified atom stereocenters. The molecular weight excluding hydrogens is 404 g/mol. The van der Waals surface area contributed by atoms with Gasteiger partial charge in [0, 0.05) is 31.9 Å². The number of amides is 1. The molecule has 0 spiro atoms. The van der Waals surface area contributed by atoms with Crippen LogP contribution in [0.5, 0.6) is 0 Å². The highest BCUT2D eigenvalue weighted by atomic mass is 32.2. The summed E-state index contributed by atoms with van der Waals surface area (Å²) >= 11 is 0. The molecule has 8 heteroatoms. The fraction of sp³-hybridized carbons (Fsp3) is 0.409. The molecule has 1 N–H and O–H groups in total. The predicted molar refractivity (Wildman–Crippen MR) is 115 cm³/mol. The molecule has 7 nitrogen and oxygen atoms in total. The van der Waals surface area contributed by atoms with Crippen LogP contribution in [0.3, 0.4) is 0 Å². The smallest absolute Gasteiger partial charge is 0.307 e. The van der Waals surface area contributed by atoms with Crippen LogP contribution in [0.25, 0.3) is 0 Å². The van der Waals surface area contributed by atoms with Crippen molar-refractivity contribution in [3.05, 3.63) is 66.0 Å². The van der Waals surface area contributed by atoms with E-state index in [2.05, 4.69) is 4.98 Å². The number of carbonyl (C=O) groups is 2. The van der Waals surface area contributed by atoms with Gasteiger partial charge in [0.25, 0.3) is 0 Å². The standard InChI is InChI=1S/C22H28N2O5S/c1-22(2,21(27)24(3)14-12-19-11-7-8-13-23-19)30(28,29)16-18(20(25)26)15-17-9-5-4-6-10-17/h4-11,13,18H,12,14-16H2,1-3H3,(H,25,26)/t18-/m1/s1. The van der Waals surface area contributed by atoms with E-state index in [4.69, 9.17) is 0 Å². The van der Waals surface area contributed by atoms with Gasteiger partial charge in [0.1, 0.15) is 4.75 Å². The molecule has 0 fully saturated rings. The zero-order valence-corrected chi connectivity index (χ0v) is 18.3. The molecule has 2 aromatic rings. The van der Waals surface area contributed by atoms with Crippen LogP contribution in [0.1, 0.15) is 25.1 Å². The fourth-order valence-corrected chi connectivity index (χ4v) is 4.74. The number of rotatable bonds is 10. The summed E-state index contributed by atoms with van der Waals surface area (Å²) in [6.07, 6.45) is 2.23. The second-order valence-corrected chi connectivity index (χ2v) is 10.4. The Kier molecular flexibility index (Phi) is 7.72. The quantitative estimate of drug-likeness (QED) is 0.617. The van der Waals surface area contributed by atoms with Crippen LogP contribution >= 0.6 is 0 Å². The van der Waals surface area contributed by atoms with Crippen LogP contribution in [0.2, 0.25) is 0 Å². The number of carboxylic acid groups (broad SMARTS) is 1. The summed E-state index contributed by atoms with van der Waals surface area (Å²) in [5.41, 5.74) is 1.53. The van der Waals surface area contributed by atoms with Gasteiger partial charge in [-0.3, -0.25) is 14.6 Å². The minimum absolute atomic E-state index is 0.0786. The molecule has 1 aromatic carbocycles. The average Bonchev–Trinajstić information content (AvgIpc) is 2.72. The molecule has 0 saturated carbocycles. The van der Waals surface area contributed by atoms with Gasteiger partial charge < -0.3 is 10.0 Å². The summed E-state index contributed by atoms with van der Waals surface area (Å²) in [5, 5.41) is 9.55. The van der Waals surface area contributed by atoms with Gasteiger partial charge in [-0.1, -0.05) is 36.4 Å². The lowest BCUT2D eigenvalue weighted by Crippen LogP contribution is -2.51. The monoisotopic (exact) mass is 432 g/mol. The zero-order valence-electron chi connectivity index (χ0n) is 17.5. The molecular formula is C22H28N2O5S. The number of carbonyl (C=O) groups excluding carboxylic acids is 1. The molecule has 0 bridgehead atoms. The molecule has 0 aliphatic heterocycles. The summed E-state index contributed by atoms with van der Waals surface area (Å²) in [6.45, 7) is 2.98. The van der Waals surface area contributed by atoms with Gasteiger partial charge in [-0.05, 0) is 38.0 Å². The van der Waals surface area contributed by atoms with Gasteiger partial charge in [0.15, 0.2) is 9.84 Å². The number of benzene rings is 1. The zero-order chi connectivity index (χ0) is 22.4. The molecule has 162 valence electrons. The van der Waals surface area contributed by atoms with Gasteiger partial charge in [-0.2, -0.15) is 0 Å². The second-order valence-electron chi connectivity index (χ2n) is 7.81. The van der Waals surface area contributed by atoms with Crippen LogP contribution in [0, 0.1) is 5.92 Å². The summed E-state index contributed by atoms with van der Waals surface area (Å²) in [4.78, 5) is 30.2. The molecule has 0 saturated heterocycles.